The quantitative estimate of drug-likeness (QED) is 0.860. The zero-order chi connectivity index (χ0) is 12.0. The molecule has 96 valence electrons. The first-order valence-corrected chi connectivity index (χ1v) is 6.20. The van der Waals surface area contributed by atoms with Crippen molar-refractivity contribution in [1.29, 1.82) is 0 Å². The standard InChI is InChI=1S/C10H14FN3OS.ClH/c1-16-5-4-8(12)10(15)14-9-3-2-7(11)6-13-9;/h2-3,6,8H,4-5,12H2,1H3,(H,13,14,15);1H/t8-;/m0./s1. The van der Waals surface area contributed by atoms with Crippen molar-refractivity contribution >= 4 is 35.9 Å². The number of aromatic nitrogens is 1. The molecule has 1 rings (SSSR count). The summed E-state index contributed by atoms with van der Waals surface area (Å²) in [5, 5.41) is 2.53. The summed E-state index contributed by atoms with van der Waals surface area (Å²) < 4.78 is 12.5. The van der Waals surface area contributed by atoms with Crippen LogP contribution in [0.1, 0.15) is 6.42 Å². The first kappa shape index (κ1) is 16.1. The minimum absolute atomic E-state index is 0. The molecular formula is C10H15ClFN3OS. The van der Waals surface area contributed by atoms with E-state index < -0.39 is 11.9 Å². The molecule has 0 aliphatic carbocycles. The molecule has 7 heteroatoms. The largest absolute Gasteiger partial charge is 0.320 e. The normalized spacial score (nSPS) is 11.5. The summed E-state index contributed by atoms with van der Waals surface area (Å²) in [6.45, 7) is 0. The summed E-state index contributed by atoms with van der Waals surface area (Å²) in [5.41, 5.74) is 5.65. The monoisotopic (exact) mass is 279 g/mol. The number of anilines is 1. The van der Waals surface area contributed by atoms with Crippen molar-refractivity contribution in [3.63, 3.8) is 0 Å². The molecule has 0 radical (unpaired) electrons. The van der Waals surface area contributed by atoms with E-state index in [4.69, 9.17) is 5.73 Å². The zero-order valence-corrected chi connectivity index (χ0v) is 11.0. The van der Waals surface area contributed by atoms with Crippen molar-refractivity contribution in [2.75, 3.05) is 17.3 Å². The number of hydrogen-bond donors (Lipinski definition) is 2. The van der Waals surface area contributed by atoms with Crippen LogP contribution < -0.4 is 11.1 Å². The summed E-state index contributed by atoms with van der Waals surface area (Å²) in [4.78, 5) is 15.2. The summed E-state index contributed by atoms with van der Waals surface area (Å²) >= 11 is 1.63. The van der Waals surface area contributed by atoms with Crippen LogP contribution in [0.4, 0.5) is 10.2 Å². The Hall–Kier alpha value is -0.850. The molecular weight excluding hydrogens is 265 g/mol. The maximum absolute atomic E-state index is 12.5. The molecule has 1 heterocycles. The highest BCUT2D eigenvalue weighted by molar-refractivity contribution is 7.98. The molecule has 0 saturated carbocycles. The van der Waals surface area contributed by atoms with E-state index in [0.717, 1.165) is 11.9 Å². The second-order valence-electron chi connectivity index (χ2n) is 3.24. The molecule has 4 nitrogen and oxygen atoms in total. The molecule has 1 amide bonds. The van der Waals surface area contributed by atoms with Crippen molar-refractivity contribution in [2.45, 2.75) is 12.5 Å². The molecule has 0 saturated heterocycles. The predicted octanol–water partition coefficient (Wildman–Crippen LogP) is 1.66. The summed E-state index contributed by atoms with van der Waals surface area (Å²) in [5.74, 6) is 0.398. The van der Waals surface area contributed by atoms with Gasteiger partial charge < -0.3 is 11.1 Å². The molecule has 0 unspecified atom stereocenters. The number of rotatable bonds is 5. The number of thioether (sulfide) groups is 1. The van der Waals surface area contributed by atoms with Crippen LogP contribution in [0.2, 0.25) is 0 Å². The first-order chi connectivity index (χ1) is 7.63. The maximum Gasteiger partial charge on any atom is 0.242 e. The number of carbonyl (C=O) groups is 1. The molecule has 3 N–H and O–H groups in total. The third-order valence-electron chi connectivity index (χ3n) is 1.95. The lowest BCUT2D eigenvalue weighted by Crippen LogP contribution is -2.36. The van der Waals surface area contributed by atoms with Gasteiger partial charge in [0.2, 0.25) is 5.91 Å². The van der Waals surface area contributed by atoms with E-state index in [-0.39, 0.29) is 18.3 Å². The Balaban J connectivity index is 0.00000256. The van der Waals surface area contributed by atoms with Crippen LogP contribution in [-0.4, -0.2) is 28.9 Å². The molecule has 1 aromatic heterocycles. The van der Waals surface area contributed by atoms with Crippen molar-refractivity contribution in [1.82, 2.24) is 4.98 Å². The van der Waals surface area contributed by atoms with Crippen LogP contribution >= 0.6 is 24.2 Å². The van der Waals surface area contributed by atoms with Crippen molar-refractivity contribution < 1.29 is 9.18 Å². The topological polar surface area (TPSA) is 68.0 Å². The highest BCUT2D eigenvalue weighted by Gasteiger charge is 2.13. The van der Waals surface area contributed by atoms with Gasteiger partial charge in [-0.2, -0.15) is 11.8 Å². The average Bonchev–Trinajstić information content (AvgIpc) is 2.29. The number of pyridine rings is 1. The third-order valence-corrected chi connectivity index (χ3v) is 2.59. The second-order valence-corrected chi connectivity index (χ2v) is 4.22. The molecule has 0 aliphatic heterocycles. The number of hydrogen-bond acceptors (Lipinski definition) is 4. The Morgan fingerprint density at radius 1 is 1.65 bits per heavy atom. The fraction of sp³-hybridized carbons (Fsp3) is 0.400. The maximum atomic E-state index is 12.5. The summed E-state index contributed by atoms with van der Waals surface area (Å²) in [6.07, 6.45) is 3.60. The van der Waals surface area contributed by atoms with Crippen molar-refractivity contribution in [2.24, 2.45) is 5.73 Å². The van der Waals surface area contributed by atoms with Crippen LogP contribution in [-0.2, 0) is 4.79 Å². The average molecular weight is 280 g/mol. The van der Waals surface area contributed by atoms with Gasteiger partial charge in [-0.15, -0.1) is 12.4 Å². The van der Waals surface area contributed by atoms with Crippen LogP contribution in [0, 0.1) is 5.82 Å². The smallest absolute Gasteiger partial charge is 0.242 e. The minimum Gasteiger partial charge on any atom is -0.320 e. The van der Waals surface area contributed by atoms with Gasteiger partial charge in [0.15, 0.2) is 0 Å². The number of nitrogens with one attached hydrogen (secondary N) is 1. The van der Waals surface area contributed by atoms with Crippen LogP contribution in [0.3, 0.4) is 0 Å². The lowest BCUT2D eigenvalue weighted by atomic mass is 10.2. The van der Waals surface area contributed by atoms with E-state index >= 15 is 0 Å². The van der Waals surface area contributed by atoms with Crippen LogP contribution in [0.25, 0.3) is 0 Å². The van der Waals surface area contributed by atoms with Gasteiger partial charge in [0.25, 0.3) is 0 Å². The van der Waals surface area contributed by atoms with Crippen molar-refractivity contribution in [3.05, 3.63) is 24.1 Å². The first-order valence-electron chi connectivity index (χ1n) is 4.80. The Bertz CT molecular complexity index is 350. The van der Waals surface area contributed by atoms with Crippen LogP contribution in [0.5, 0.6) is 0 Å². The molecule has 0 bridgehead atoms. The van der Waals surface area contributed by atoms with Gasteiger partial charge in [-0.05, 0) is 30.6 Å². The Morgan fingerprint density at radius 3 is 2.88 bits per heavy atom. The van der Waals surface area contributed by atoms with E-state index in [1.54, 1.807) is 11.8 Å². The number of amides is 1. The molecule has 0 spiro atoms. The highest BCUT2D eigenvalue weighted by atomic mass is 35.5. The lowest BCUT2D eigenvalue weighted by Gasteiger charge is -2.10. The van der Waals surface area contributed by atoms with Gasteiger partial charge in [0, 0.05) is 0 Å². The number of nitrogens with two attached hydrogens (primary N) is 1. The van der Waals surface area contributed by atoms with E-state index in [2.05, 4.69) is 10.3 Å². The van der Waals surface area contributed by atoms with Gasteiger partial charge >= 0.3 is 0 Å². The fourth-order valence-electron chi connectivity index (χ4n) is 1.04. The molecule has 1 aromatic rings. The SMILES string of the molecule is CSCC[C@H](N)C(=O)Nc1ccc(F)cn1.Cl. The van der Waals surface area contributed by atoms with E-state index in [1.807, 2.05) is 6.26 Å². The molecule has 0 fully saturated rings. The molecule has 17 heavy (non-hydrogen) atoms. The number of halogens is 2. The number of carbonyl (C=O) groups excluding carboxylic acids is 1. The minimum atomic E-state index is -0.556. The zero-order valence-electron chi connectivity index (χ0n) is 9.35. The lowest BCUT2D eigenvalue weighted by molar-refractivity contribution is -0.117. The van der Waals surface area contributed by atoms with E-state index in [1.165, 1.54) is 12.1 Å². The highest BCUT2D eigenvalue weighted by Crippen LogP contribution is 2.05. The predicted molar refractivity (Wildman–Crippen MR) is 71.0 cm³/mol. The van der Waals surface area contributed by atoms with Gasteiger partial charge in [0.1, 0.15) is 11.6 Å². The number of nitrogens with zero attached hydrogens (tertiary/aromatic N) is 1. The van der Waals surface area contributed by atoms with Gasteiger partial charge in [0.05, 0.1) is 12.2 Å². The summed E-state index contributed by atoms with van der Waals surface area (Å²) in [7, 11) is 0. The second kappa shape index (κ2) is 8.27. The Morgan fingerprint density at radius 2 is 2.35 bits per heavy atom. The van der Waals surface area contributed by atoms with E-state index in [0.29, 0.717) is 12.2 Å². The molecule has 0 aliphatic rings. The van der Waals surface area contributed by atoms with Gasteiger partial charge in [-0.25, -0.2) is 9.37 Å². The van der Waals surface area contributed by atoms with E-state index in [9.17, 15) is 9.18 Å². The Kier molecular flexibility index (Phi) is 7.86. The van der Waals surface area contributed by atoms with Gasteiger partial charge in [-0.3, -0.25) is 4.79 Å². The van der Waals surface area contributed by atoms with Gasteiger partial charge in [-0.1, -0.05) is 0 Å². The molecule has 0 aromatic carbocycles. The van der Waals surface area contributed by atoms with Crippen molar-refractivity contribution in [3.8, 4) is 0 Å². The Labute approximate surface area is 110 Å². The fourth-order valence-corrected chi connectivity index (χ4v) is 1.53. The van der Waals surface area contributed by atoms with Crippen LogP contribution in [0.15, 0.2) is 18.3 Å². The third kappa shape index (κ3) is 5.86. The molecule has 1 atom stereocenters. The summed E-state index contributed by atoms with van der Waals surface area (Å²) in [6, 6.07) is 2.07.